The van der Waals surface area contributed by atoms with Gasteiger partial charge in [0.1, 0.15) is 5.69 Å². The lowest BCUT2D eigenvalue weighted by Gasteiger charge is -2.04. The van der Waals surface area contributed by atoms with Gasteiger partial charge in [0.25, 0.3) is 0 Å². The summed E-state index contributed by atoms with van der Waals surface area (Å²) in [5, 5.41) is 11.2. The fourth-order valence-corrected chi connectivity index (χ4v) is 3.14. The Morgan fingerprint density at radius 3 is 2.34 bits per heavy atom. The van der Waals surface area contributed by atoms with Crippen LogP contribution in [0.1, 0.15) is 11.1 Å². The second-order valence-electron chi connectivity index (χ2n) is 7.10. The van der Waals surface area contributed by atoms with Crippen LogP contribution in [-0.4, -0.2) is 27.8 Å². The molecule has 0 saturated carbocycles. The molecular weight excluding hydrogens is 402 g/mol. The van der Waals surface area contributed by atoms with E-state index < -0.39 is 11.8 Å². The fraction of sp³-hybridized carbons (Fsp3) is 0.0400. The minimum absolute atomic E-state index is 0.546. The van der Waals surface area contributed by atoms with Gasteiger partial charge in [0.2, 0.25) is 0 Å². The minimum Gasteiger partial charge on any atom is -0.318 e. The molecule has 0 radical (unpaired) electrons. The maximum absolute atomic E-state index is 12.1. The van der Waals surface area contributed by atoms with E-state index in [9.17, 15) is 9.59 Å². The highest BCUT2D eigenvalue weighted by Crippen LogP contribution is 2.22. The molecule has 158 valence electrons. The number of carbonyl (C=O) groups excluding carboxylic acids is 2. The molecule has 0 atom stereocenters. The van der Waals surface area contributed by atoms with Gasteiger partial charge in [-0.05, 0) is 36.8 Å². The van der Waals surface area contributed by atoms with E-state index in [0.717, 1.165) is 16.8 Å². The second-order valence-corrected chi connectivity index (χ2v) is 7.10. The number of benzene rings is 3. The zero-order valence-corrected chi connectivity index (χ0v) is 17.4. The highest BCUT2D eigenvalue weighted by Gasteiger charge is 2.14. The summed E-state index contributed by atoms with van der Waals surface area (Å²) in [6.45, 7) is 1.90. The Morgan fingerprint density at radius 1 is 0.906 bits per heavy atom. The average molecular weight is 423 g/mol. The number of para-hydroxylation sites is 1. The number of carbonyl (C=O) groups is 2. The van der Waals surface area contributed by atoms with Crippen LogP contribution in [0.2, 0.25) is 0 Å². The lowest BCUT2D eigenvalue weighted by molar-refractivity contribution is -0.136. The number of hydrogen-bond donors (Lipinski definition) is 2. The van der Waals surface area contributed by atoms with Gasteiger partial charge >= 0.3 is 11.8 Å². The van der Waals surface area contributed by atoms with E-state index in [-0.39, 0.29) is 0 Å². The predicted octanol–water partition coefficient (Wildman–Crippen LogP) is 3.94. The Balaban J connectivity index is 1.52. The average Bonchev–Trinajstić information content (AvgIpc) is 3.24. The highest BCUT2D eigenvalue weighted by molar-refractivity contribution is 6.39. The molecule has 4 rings (SSSR count). The van der Waals surface area contributed by atoms with E-state index >= 15 is 0 Å². The fourth-order valence-electron chi connectivity index (χ4n) is 3.14. The number of aromatic nitrogens is 2. The van der Waals surface area contributed by atoms with Crippen molar-refractivity contribution in [2.24, 2.45) is 5.10 Å². The SMILES string of the molecule is Cc1cccc(NC(=O)C(=O)N/N=C/c2cn(-c3ccccc3)nc2-c2ccccc2)c1. The summed E-state index contributed by atoms with van der Waals surface area (Å²) in [6, 6.07) is 26.6. The molecule has 32 heavy (non-hydrogen) atoms. The van der Waals surface area contributed by atoms with Crippen molar-refractivity contribution in [1.29, 1.82) is 0 Å². The highest BCUT2D eigenvalue weighted by atomic mass is 16.2. The van der Waals surface area contributed by atoms with Gasteiger partial charge in [-0.15, -0.1) is 0 Å². The standard InChI is InChI=1S/C25H21N5O2/c1-18-9-8-12-21(15-18)27-24(31)25(32)28-26-16-20-17-30(22-13-6-3-7-14-22)29-23(20)19-10-4-2-5-11-19/h2-17H,1H3,(H,27,31)(H,28,32)/b26-16+. The van der Waals surface area contributed by atoms with Crippen LogP contribution in [0, 0.1) is 6.92 Å². The summed E-state index contributed by atoms with van der Waals surface area (Å²) in [7, 11) is 0. The van der Waals surface area contributed by atoms with Crippen LogP contribution in [0.5, 0.6) is 0 Å². The molecule has 0 unspecified atom stereocenters. The Labute approximate surface area is 185 Å². The molecule has 7 heteroatoms. The van der Waals surface area contributed by atoms with Gasteiger partial charge in [0, 0.05) is 23.0 Å². The van der Waals surface area contributed by atoms with Crippen LogP contribution in [-0.2, 0) is 9.59 Å². The number of rotatable bonds is 5. The van der Waals surface area contributed by atoms with Crippen molar-refractivity contribution in [3.63, 3.8) is 0 Å². The maximum atomic E-state index is 12.1. The third kappa shape index (κ3) is 4.96. The monoisotopic (exact) mass is 423 g/mol. The lowest BCUT2D eigenvalue weighted by Crippen LogP contribution is -2.32. The van der Waals surface area contributed by atoms with Crippen LogP contribution in [0.15, 0.2) is 96.2 Å². The maximum Gasteiger partial charge on any atom is 0.329 e. The molecule has 1 heterocycles. The van der Waals surface area contributed by atoms with Crippen LogP contribution >= 0.6 is 0 Å². The molecule has 0 aliphatic heterocycles. The Kier molecular flexibility index (Phi) is 6.17. The molecule has 0 fully saturated rings. The number of amides is 2. The van der Waals surface area contributed by atoms with Crippen LogP contribution in [0.4, 0.5) is 5.69 Å². The summed E-state index contributed by atoms with van der Waals surface area (Å²) >= 11 is 0. The van der Waals surface area contributed by atoms with Crippen molar-refractivity contribution < 1.29 is 9.59 Å². The molecule has 0 saturated heterocycles. The molecule has 0 spiro atoms. The predicted molar refractivity (Wildman–Crippen MR) is 125 cm³/mol. The number of aryl methyl sites for hydroxylation is 1. The lowest BCUT2D eigenvalue weighted by atomic mass is 10.1. The van der Waals surface area contributed by atoms with E-state index in [0.29, 0.717) is 16.9 Å². The third-order valence-corrected chi connectivity index (χ3v) is 4.66. The summed E-state index contributed by atoms with van der Waals surface area (Å²) < 4.78 is 1.75. The molecule has 3 aromatic carbocycles. The quantitative estimate of drug-likeness (QED) is 0.290. The Hall–Kier alpha value is -4.52. The number of anilines is 1. The summed E-state index contributed by atoms with van der Waals surface area (Å²) in [5.74, 6) is -1.66. The zero-order chi connectivity index (χ0) is 22.3. The molecule has 2 amide bonds. The van der Waals surface area contributed by atoms with Crippen molar-refractivity contribution in [2.75, 3.05) is 5.32 Å². The number of nitrogens with zero attached hydrogens (tertiary/aromatic N) is 3. The minimum atomic E-state index is -0.862. The van der Waals surface area contributed by atoms with E-state index in [1.165, 1.54) is 6.21 Å². The zero-order valence-electron chi connectivity index (χ0n) is 17.4. The molecule has 7 nitrogen and oxygen atoms in total. The van der Waals surface area contributed by atoms with Crippen molar-refractivity contribution in [3.05, 3.63) is 102 Å². The van der Waals surface area contributed by atoms with Gasteiger partial charge in [0.05, 0.1) is 11.9 Å². The van der Waals surface area contributed by atoms with Gasteiger partial charge in [-0.25, -0.2) is 10.1 Å². The van der Waals surface area contributed by atoms with E-state index in [1.807, 2.05) is 79.9 Å². The molecule has 1 aromatic heterocycles. The first-order valence-electron chi connectivity index (χ1n) is 10.0. The van der Waals surface area contributed by atoms with E-state index in [4.69, 9.17) is 0 Å². The third-order valence-electron chi connectivity index (χ3n) is 4.66. The number of hydrazone groups is 1. The van der Waals surface area contributed by atoms with E-state index in [1.54, 1.807) is 22.9 Å². The molecule has 4 aromatic rings. The van der Waals surface area contributed by atoms with Crippen molar-refractivity contribution >= 4 is 23.7 Å². The van der Waals surface area contributed by atoms with Crippen molar-refractivity contribution in [2.45, 2.75) is 6.92 Å². The molecule has 2 N–H and O–H groups in total. The smallest absolute Gasteiger partial charge is 0.318 e. The first-order valence-corrected chi connectivity index (χ1v) is 10.0. The van der Waals surface area contributed by atoms with Gasteiger partial charge in [-0.3, -0.25) is 9.59 Å². The van der Waals surface area contributed by atoms with Gasteiger partial charge in [0.15, 0.2) is 0 Å². The first-order chi connectivity index (χ1) is 15.6. The van der Waals surface area contributed by atoms with Crippen LogP contribution in [0.3, 0.4) is 0 Å². The van der Waals surface area contributed by atoms with Crippen LogP contribution < -0.4 is 10.7 Å². The largest absolute Gasteiger partial charge is 0.329 e. The van der Waals surface area contributed by atoms with Gasteiger partial charge < -0.3 is 5.32 Å². The van der Waals surface area contributed by atoms with Gasteiger partial charge in [-0.2, -0.15) is 10.2 Å². The first kappa shape index (κ1) is 20.7. The Morgan fingerprint density at radius 2 is 1.62 bits per heavy atom. The Bertz CT molecular complexity index is 1260. The molecule has 0 aliphatic rings. The second kappa shape index (κ2) is 9.53. The molecule has 0 aliphatic carbocycles. The molecule has 0 bridgehead atoms. The van der Waals surface area contributed by atoms with E-state index in [2.05, 4.69) is 20.9 Å². The van der Waals surface area contributed by atoms with Crippen molar-refractivity contribution in [3.8, 4) is 16.9 Å². The number of nitrogens with one attached hydrogen (secondary N) is 2. The van der Waals surface area contributed by atoms with Gasteiger partial charge in [-0.1, -0.05) is 60.7 Å². The normalized spacial score (nSPS) is 10.8. The summed E-state index contributed by atoms with van der Waals surface area (Å²) in [5.41, 5.74) is 7.00. The summed E-state index contributed by atoms with van der Waals surface area (Å²) in [4.78, 5) is 24.3. The van der Waals surface area contributed by atoms with Crippen LogP contribution in [0.25, 0.3) is 16.9 Å². The topological polar surface area (TPSA) is 88.4 Å². The summed E-state index contributed by atoms with van der Waals surface area (Å²) in [6.07, 6.45) is 3.30. The number of hydrogen-bond acceptors (Lipinski definition) is 4. The van der Waals surface area contributed by atoms with Crippen molar-refractivity contribution in [1.82, 2.24) is 15.2 Å². The molecular formula is C25H21N5O2.